The number of aliphatic hydroxyl groups is 5. The van der Waals surface area contributed by atoms with E-state index in [-0.39, 0.29) is 29.6 Å². The first kappa shape index (κ1) is 16.3. The molecule has 0 aromatic rings. The van der Waals surface area contributed by atoms with E-state index in [1.165, 1.54) is 0 Å². The van der Waals surface area contributed by atoms with Gasteiger partial charge < -0.3 is 25.5 Å². The second-order valence-electron chi connectivity index (χ2n) is 2.36. The van der Waals surface area contributed by atoms with Crippen molar-refractivity contribution in [1.82, 2.24) is 0 Å². The minimum atomic E-state index is -1.61. The van der Waals surface area contributed by atoms with Crippen molar-refractivity contribution in [3.63, 3.8) is 0 Å². The largest absolute Gasteiger partial charge is 0.394 e. The van der Waals surface area contributed by atoms with Crippen molar-refractivity contribution in [2.75, 3.05) is 6.61 Å². The second kappa shape index (κ2) is 8.22. The number of thiocarbonyl (C=S) groups is 1. The zero-order valence-corrected chi connectivity index (χ0v) is 10.1. The summed E-state index contributed by atoms with van der Waals surface area (Å²) in [6, 6.07) is 0. The minimum Gasteiger partial charge on any atom is -0.394 e. The quantitative estimate of drug-likeness (QED) is 0.250. The van der Waals surface area contributed by atoms with Gasteiger partial charge in [0.1, 0.15) is 24.4 Å². The Labute approximate surface area is 103 Å². The molecule has 0 saturated carbocycles. The first-order valence-corrected chi connectivity index (χ1v) is 3.80. The molecule has 0 aliphatic heterocycles. The molecule has 7 heteroatoms. The SMILES string of the molecule is OC[C@@H](O)[C@@H](O)[C@H](O)[C@@H](O)C=S.[Na]. The van der Waals surface area contributed by atoms with Crippen molar-refractivity contribution < 1.29 is 25.5 Å². The van der Waals surface area contributed by atoms with Gasteiger partial charge in [-0.25, -0.2) is 0 Å². The molecule has 4 atom stereocenters. The molecule has 0 spiro atoms. The summed E-state index contributed by atoms with van der Waals surface area (Å²) in [6.45, 7) is -0.692. The van der Waals surface area contributed by atoms with Crippen LogP contribution in [0.25, 0.3) is 0 Å². The van der Waals surface area contributed by atoms with Crippen molar-refractivity contribution in [3.05, 3.63) is 0 Å². The van der Waals surface area contributed by atoms with Crippen LogP contribution >= 0.6 is 12.2 Å². The maximum absolute atomic E-state index is 9.02. The van der Waals surface area contributed by atoms with Gasteiger partial charge in [-0.3, -0.25) is 0 Å². The smallest absolute Gasteiger partial charge is 0.113 e. The number of hydrogen-bond donors (Lipinski definition) is 5. The average Bonchev–Trinajstić information content (AvgIpc) is 2.12. The molecular formula is C6H12NaO5S. The Morgan fingerprint density at radius 1 is 1.08 bits per heavy atom. The van der Waals surface area contributed by atoms with E-state index in [1.807, 2.05) is 0 Å². The van der Waals surface area contributed by atoms with Gasteiger partial charge in [0.05, 0.1) is 6.61 Å². The van der Waals surface area contributed by atoms with Crippen LogP contribution in [0.15, 0.2) is 0 Å². The molecule has 0 aliphatic rings. The summed E-state index contributed by atoms with van der Waals surface area (Å²) in [5, 5.41) is 44.9. The van der Waals surface area contributed by atoms with Crippen molar-refractivity contribution in [2.45, 2.75) is 24.4 Å². The predicted molar refractivity (Wildman–Crippen MR) is 50.5 cm³/mol. The van der Waals surface area contributed by atoms with E-state index < -0.39 is 31.0 Å². The fourth-order valence-electron chi connectivity index (χ4n) is 0.618. The van der Waals surface area contributed by atoms with Crippen molar-refractivity contribution in [2.24, 2.45) is 0 Å². The van der Waals surface area contributed by atoms with Crippen LogP contribution in [-0.2, 0) is 0 Å². The van der Waals surface area contributed by atoms with Gasteiger partial charge in [-0.05, 0) is 0 Å². The van der Waals surface area contributed by atoms with Crippen LogP contribution < -0.4 is 0 Å². The first-order valence-electron chi connectivity index (χ1n) is 3.33. The fraction of sp³-hybridized carbons (Fsp3) is 0.833. The van der Waals surface area contributed by atoms with Crippen LogP contribution in [-0.4, -0.2) is 91.5 Å². The Hall–Kier alpha value is 0.890. The zero-order chi connectivity index (χ0) is 9.72. The summed E-state index contributed by atoms with van der Waals surface area (Å²) in [5.41, 5.74) is 0. The summed E-state index contributed by atoms with van der Waals surface area (Å²) in [5.74, 6) is 0. The summed E-state index contributed by atoms with van der Waals surface area (Å²) >= 11 is 4.30. The Morgan fingerprint density at radius 2 is 1.54 bits per heavy atom. The maximum atomic E-state index is 9.02. The molecule has 0 aromatic heterocycles. The van der Waals surface area contributed by atoms with Crippen LogP contribution in [0.2, 0.25) is 0 Å². The Morgan fingerprint density at radius 3 is 1.85 bits per heavy atom. The van der Waals surface area contributed by atoms with Crippen molar-refractivity contribution in [3.8, 4) is 0 Å². The third kappa shape index (κ3) is 5.36. The predicted octanol–water partition coefficient (Wildman–Crippen LogP) is -2.96. The van der Waals surface area contributed by atoms with Crippen LogP contribution in [0.3, 0.4) is 0 Å². The Balaban J connectivity index is 0. The molecule has 73 valence electrons. The van der Waals surface area contributed by atoms with Crippen LogP contribution in [0, 0.1) is 0 Å². The number of rotatable bonds is 5. The summed E-state index contributed by atoms with van der Waals surface area (Å²) in [7, 11) is 0. The topological polar surface area (TPSA) is 101 Å². The molecule has 0 unspecified atom stereocenters. The van der Waals surface area contributed by atoms with Gasteiger partial charge in [-0.1, -0.05) is 12.2 Å². The van der Waals surface area contributed by atoms with Gasteiger partial charge in [0.15, 0.2) is 0 Å². The molecule has 0 heterocycles. The van der Waals surface area contributed by atoms with Crippen LogP contribution in [0.5, 0.6) is 0 Å². The van der Waals surface area contributed by atoms with Gasteiger partial charge in [0.25, 0.3) is 0 Å². The fourth-order valence-corrected chi connectivity index (χ4v) is 0.779. The zero-order valence-electron chi connectivity index (χ0n) is 7.24. The van der Waals surface area contributed by atoms with E-state index in [0.717, 1.165) is 5.37 Å². The van der Waals surface area contributed by atoms with Gasteiger partial charge >= 0.3 is 0 Å². The average molecular weight is 219 g/mol. The third-order valence-corrected chi connectivity index (χ3v) is 1.70. The van der Waals surface area contributed by atoms with E-state index in [2.05, 4.69) is 12.2 Å². The van der Waals surface area contributed by atoms with E-state index in [4.69, 9.17) is 25.5 Å². The van der Waals surface area contributed by atoms with Gasteiger partial charge in [0, 0.05) is 34.9 Å². The normalized spacial score (nSPS) is 19.5. The molecule has 0 aromatic carbocycles. The Bertz CT molecular complexity index is 147. The standard InChI is InChI=1S/C6H12O5S.Na/c7-1-3(8)5(10)6(11)4(9)2-12;/h2-11H,1H2;/t3-,4+,5-,6-;/m1./s1. The van der Waals surface area contributed by atoms with Crippen LogP contribution in [0.1, 0.15) is 0 Å². The molecule has 0 rings (SSSR count). The van der Waals surface area contributed by atoms with E-state index in [1.54, 1.807) is 0 Å². The molecule has 13 heavy (non-hydrogen) atoms. The molecule has 0 aliphatic carbocycles. The number of hydrogen-bond acceptors (Lipinski definition) is 6. The number of aliphatic hydroxyl groups excluding tert-OH is 5. The maximum Gasteiger partial charge on any atom is 0.113 e. The molecule has 0 saturated heterocycles. The van der Waals surface area contributed by atoms with E-state index >= 15 is 0 Å². The monoisotopic (exact) mass is 219 g/mol. The van der Waals surface area contributed by atoms with Crippen molar-refractivity contribution in [1.29, 1.82) is 0 Å². The summed E-state index contributed by atoms with van der Waals surface area (Å²) < 4.78 is 0. The first-order chi connectivity index (χ1) is 5.54. The molecule has 5 nitrogen and oxygen atoms in total. The molecule has 0 fully saturated rings. The van der Waals surface area contributed by atoms with Crippen molar-refractivity contribution >= 4 is 47.1 Å². The molecule has 0 amide bonds. The molecular weight excluding hydrogens is 207 g/mol. The van der Waals surface area contributed by atoms with Gasteiger partial charge in [0.2, 0.25) is 0 Å². The van der Waals surface area contributed by atoms with E-state index in [0.29, 0.717) is 0 Å². The third-order valence-electron chi connectivity index (χ3n) is 1.42. The van der Waals surface area contributed by atoms with E-state index in [9.17, 15) is 0 Å². The van der Waals surface area contributed by atoms with Crippen LogP contribution in [0.4, 0.5) is 0 Å². The molecule has 0 bridgehead atoms. The minimum absolute atomic E-state index is 0. The Kier molecular flexibility index (Phi) is 10.3. The molecule has 5 N–H and O–H groups in total. The van der Waals surface area contributed by atoms with Gasteiger partial charge in [-0.2, -0.15) is 0 Å². The molecule has 1 radical (unpaired) electrons. The summed E-state index contributed by atoms with van der Waals surface area (Å²) in [6.07, 6.45) is -6.06. The second-order valence-corrected chi connectivity index (χ2v) is 2.63. The van der Waals surface area contributed by atoms with Gasteiger partial charge in [-0.15, -0.1) is 0 Å². The summed E-state index contributed by atoms with van der Waals surface area (Å²) in [4.78, 5) is 0.